The van der Waals surface area contributed by atoms with Crippen molar-refractivity contribution in [1.82, 2.24) is 0 Å². The van der Waals surface area contributed by atoms with Crippen molar-refractivity contribution in [3.8, 4) is 0 Å². The molecule has 8 nitrogen and oxygen atoms in total. The van der Waals surface area contributed by atoms with Gasteiger partial charge in [-0.25, -0.2) is 9.59 Å². The summed E-state index contributed by atoms with van der Waals surface area (Å²) < 4.78 is 21.0. The molecule has 1 aromatic carbocycles. The number of hydrogen-bond donors (Lipinski definition) is 0. The van der Waals surface area contributed by atoms with E-state index >= 15 is 0 Å². The molecule has 0 aromatic heterocycles. The molecule has 0 atom stereocenters. The Morgan fingerprint density at radius 2 is 1.50 bits per heavy atom. The van der Waals surface area contributed by atoms with Gasteiger partial charge in [-0.2, -0.15) is 0 Å². The molecule has 0 spiro atoms. The second-order valence-corrected chi connectivity index (χ2v) is 5.67. The lowest BCUT2D eigenvalue weighted by atomic mass is 10.2. The second-order valence-electron chi connectivity index (χ2n) is 4.06. The predicted molar refractivity (Wildman–Crippen MR) is 86.6 cm³/mol. The number of carbonyl (C=O) groups is 2. The number of anilines is 1. The van der Waals surface area contributed by atoms with Gasteiger partial charge in [-0.1, -0.05) is 18.2 Å². The van der Waals surface area contributed by atoms with Crippen LogP contribution in [0.25, 0.3) is 0 Å². The number of benzene rings is 1. The molecule has 9 heteroatoms. The molecule has 0 unspecified atom stereocenters. The van der Waals surface area contributed by atoms with E-state index in [1.165, 1.54) is 25.2 Å². The first-order chi connectivity index (χ1) is 11.5. The summed E-state index contributed by atoms with van der Waals surface area (Å²) in [6, 6.07) is 8.47. The molecule has 0 heterocycles. The summed E-state index contributed by atoms with van der Waals surface area (Å²) in [7, 11) is 3.07. The zero-order valence-corrected chi connectivity index (χ0v) is 14.5. The number of para-hydroxylation sites is 1. The van der Waals surface area contributed by atoms with Gasteiger partial charge in [0, 0.05) is 19.9 Å². The lowest BCUT2D eigenvalue weighted by Crippen LogP contribution is -2.29. The summed E-state index contributed by atoms with van der Waals surface area (Å²) in [5.74, 6) is -1.97. The molecule has 1 aromatic rings. The van der Waals surface area contributed by atoms with E-state index in [4.69, 9.17) is 13.8 Å². The SMILES string of the molecule is COC(=O)/C([C]=O)=C(\C(=O)OC)N(c1ccccc1)P(OC)OC. The van der Waals surface area contributed by atoms with E-state index in [-0.39, 0.29) is 5.70 Å². The molecule has 0 amide bonds. The Kier molecular flexibility index (Phi) is 8.05. The van der Waals surface area contributed by atoms with Gasteiger partial charge in [0.05, 0.1) is 14.2 Å². The Hall–Kier alpha value is -2.28. The topological polar surface area (TPSA) is 91.4 Å². The lowest BCUT2D eigenvalue weighted by Gasteiger charge is -2.30. The molecule has 0 aliphatic heterocycles. The number of ether oxygens (including phenoxy) is 2. The molecule has 24 heavy (non-hydrogen) atoms. The first kappa shape index (κ1) is 19.8. The van der Waals surface area contributed by atoms with Crippen molar-refractivity contribution < 1.29 is 32.9 Å². The highest BCUT2D eigenvalue weighted by atomic mass is 31.2. The molecule has 0 saturated heterocycles. The molecule has 0 aliphatic carbocycles. The van der Waals surface area contributed by atoms with Crippen molar-refractivity contribution in [3.05, 3.63) is 41.6 Å². The third-order valence-corrected chi connectivity index (χ3v) is 4.18. The Balaban J connectivity index is 3.69. The normalized spacial score (nSPS) is 11.5. The third kappa shape index (κ3) is 4.38. The van der Waals surface area contributed by atoms with E-state index < -0.39 is 26.0 Å². The van der Waals surface area contributed by atoms with E-state index in [1.807, 2.05) is 0 Å². The second kappa shape index (κ2) is 9.77. The minimum atomic E-state index is -1.85. The van der Waals surface area contributed by atoms with Gasteiger partial charge >= 0.3 is 11.9 Å². The fourth-order valence-electron chi connectivity index (χ4n) is 1.79. The standard InChI is InChI=1S/C15H17NO7P/c1-20-14(18)12(10-17)13(15(19)21-2)16(24(22-3)23-4)11-8-6-5-7-9-11/h5-9H,1-4H3/b13-12+. The molecule has 0 fully saturated rings. The van der Waals surface area contributed by atoms with Crippen molar-refractivity contribution in [2.45, 2.75) is 0 Å². The van der Waals surface area contributed by atoms with Crippen LogP contribution >= 0.6 is 8.53 Å². The van der Waals surface area contributed by atoms with E-state index in [1.54, 1.807) is 30.3 Å². The molecule has 1 radical (unpaired) electrons. The first-order valence-electron chi connectivity index (χ1n) is 6.58. The smallest absolute Gasteiger partial charge is 0.356 e. The van der Waals surface area contributed by atoms with Gasteiger partial charge in [-0.15, -0.1) is 0 Å². The fraction of sp³-hybridized carbons (Fsp3) is 0.267. The van der Waals surface area contributed by atoms with Crippen LogP contribution in [0.15, 0.2) is 41.6 Å². The number of methoxy groups -OCH3 is 2. The van der Waals surface area contributed by atoms with Gasteiger partial charge in [0.1, 0.15) is 5.57 Å². The van der Waals surface area contributed by atoms with Crippen LogP contribution in [0, 0.1) is 0 Å². The maximum atomic E-state index is 12.3. The zero-order chi connectivity index (χ0) is 18.1. The number of nitrogens with zero attached hydrogens (tertiary/aromatic N) is 1. The van der Waals surface area contributed by atoms with E-state index in [0.717, 1.165) is 14.2 Å². The summed E-state index contributed by atoms with van der Waals surface area (Å²) in [5, 5.41) is 0. The minimum absolute atomic E-state index is 0.389. The van der Waals surface area contributed by atoms with Gasteiger partial charge in [0.25, 0.3) is 8.53 Å². The molecular formula is C15H17NO7P. The number of rotatable bonds is 8. The van der Waals surface area contributed by atoms with Crippen molar-refractivity contribution >= 4 is 32.4 Å². The summed E-state index contributed by atoms with van der Waals surface area (Å²) in [6.07, 6.45) is 1.43. The minimum Gasteiger partial charge on any atom is -0.465 e. The average molecular weight is 354 g/mol. The van der Waals surface area contributed by atoms with E-state index in [0.29, 0.717) is 5.69 Å². The summed E-state index contributed by atoms with van der Waals surface area (Å²) in [6.45, 7) is 0. The predicted octanol–water partition coefficient (Wildman–Crippen LogP) is 1.72. The summed E-state index contributed by atoms with van der Waals surface area (Å²) in [5.41, 5.74) is -0.570. The number of hydrogen-bond acceptors (Lipinski definition) is 8. The highest BCUT2D eigenvalue weighted by molar-refractivity contribution is 7.49. The third-order valence-electron chi connectivity index (χ3n) is 2.80. The van der Waals surface area contributed by atoms with Crippen LogP contribution in [-0.2, 0) is 32.9 Å². The van der Waals surface area contributed by atoms with Crippen LogP contribution in [0.1, 0.15) is 0 Å². The monoisotopic (exact) mass is 354 g/mol. The van der Waals surface area contributed by atoms with Gasteiger partial charge in [-0.05, 0) is 12.1 Å². The van der Waals surface area contributed by atoms with Gasteiger partial charge in [-0.3, -0.25) is 9.46 Å². The van der Waals surface area contributed by atoms with Crippen molar-refractivity contribution in [3.63, 3.8) is 0 Å². The van der Waals surface area contributed by atoms with Crippen molar-refractivity contribution in [2.24, 2.45) is 0 Å². The molecule has 1 rings (SSSR count). The number of esters is 2. The molecule has 0 bridgehead atoms. The van der Waals surface area contributed by atoms with Crippen molar-refractivity contribution in [1.29, 1.82) is 0 Å². The molecule has 0 aliphatic rings. The van der Waals surface area contributed by atoms with Gasteiger partial charge in [0.15, 0.2) is 5.70 Å². The fourth-order valence-corrected chi connectivity index (χ4v) is 2.93. The van der Waals surface area contributed by atoms with Crippen LogP contribution in [-0.4, -0.2) is 46.7 Å². The van der Waals surface area contributed by atoms with E-state index in [2.05, 4.69) is 4.74 Å². The zero-order valence-electron chi connectivity index (χ0n) is 13.6. The highest BCUT2D eigenvalue weighted by Gasteiger charge is 2.34. The van der Waals surface area contributed by atoms with Gasteiger partial charge < -0.3 is 18.5 Å². The maximum absolute atomic E-state index is 12.3. The lowest BCUT2D eigenvalue weighted by molar-refractivity contribution is -0.138. The highest BCUT2D eigenvalue weighted by Crippen LogP contribution is 2.47. The van der Waals surface area contributed by atoms with Crippen LogP contribution in [0.3, 0.4) is 0 Å². The average Bonchev–Trinajstić information content (AvgIpc) is 2.64. The quantitative estimate of drug-likeness (QED) is 0.229. The molecule has 129 valence electrons. The Labute approximate surface area is 140 Å². The summed E-state index contributed by atoms with van der Waals surface area (Å²) in [4.78, 5) is 35.5. The van der Waals surface area contributed by atoms with E-state index in [9.17, 15) is 14.4 Å². The van der Waals surface area contributed by atoms with Crippen LogP contribution in [0.5, 0.6) is 0 Å². The van der Waals surface area contributed by atoms with Crippen LogP contribution < -0.4 is 4.67 Å². The maximum Gasteiger partial charge on any atom is 0.356 e. The van der Waals surface area contributed by atoms with Crippen LogP contribution in [0.2, 0.25) is 0 Å². The first-order valence-corrected chi connectivity index (χ1v) is 7.71. The molecule has 0 N–H and O–H groups in total. The summed E-state index contributed by atoms with van der Waals surface area (Å²) >= 11 is 0. The Bertz CT molecular complexity index is 614. The van der Waals surface area contributed by atoms with Gasteiger partial charge in [0.2, 0.25) is 6.29 Å². The largest absolute Gasteiger partial charge is 0.465 e. The molecular weight excluding hydrogens is 337 g/mol. The molecule has 0 saturated carbocycles. The van der Waals surface area contributed by atoms with Crippen molar-refractivity contribution in [2.75, 3.05) is 33.1 Å². The Morgan fingerprint density at radius 3 is 1.92 bits per heavy atom. The van der Waals surface area contributed by atoms with Crippen LogP contribution in [0.4, 0.5) is 5.69 Å². The number of carbonyl (C=O) groups excluding carboxylic acids is 3. The Morgan fingerprint density at radius 1 is 0.958 bits per heavy atom.